The van der Waals surface area contributed by atoms with E-state index in [1.54, 1.807) is 24.5 Å². The SMILES string of the molecule is CN1Cc2ccc(Br)cc2-n2cncc2C1=O. The molecule has 0 atom stereocenters. The first-order valence-corrected chi connectivity index (χ1v) is 6.03. The molecule has 1 amide bonds. The minimum Gasteiger partial charge on any atom is -0.336 e. The maximum absolute atomic E-state index is 12.1. The summed E-state index contributed by atoms with van der Waals surface area (Å²) in [6.07, 6.45) is 3.28. The van der Waals surface area contributed by atoms with E-state index < -0.39 is 0 Å². The molecule has 0 unspecified atom stereocenters. The highest BCUT2D eigenvalue weighted by Crippen LogP contribution is 2.26. The number of imidazole rings is 1. The molecule has 0 aliphatic carbocycles. The first-order chi connectivity index (χ1) is 8.16. The standard InChI is InChI=1S/C12H10BrN3O/c1-15-6-8-2-3-9(13)4-10(8)16-7-14-5-11(16)12(15)17/h2-5,7H,6H2,1H3. The van der Waals surface area contributed by atoms with Crippen LogP contribution in [0.4, 0.5) is 0 Å². The van der Waals surface area contributed by atoms with Gasteiger partial charge >= 0.3 is 0 Å². The summed E-state index contributed by atoms with van der Waals surface area (Å²) >= 11 is 3.45. The van der Waals surface area contributed by atoms with E-state index in [1.807, 2.05) is 22.8 Å². The highest BCUT2D eigenvalue weighted by molar-refractivity contribution is 9.10. The zero-order valence-corrected chi connectivity index (χ0v) is 10.8. The van der Waals surface area contributed by atoms with Crippen LogP contribution in [-0.4, -0.2) is 27.4 Å². The van der Waals surface area contributed by atoms with Crippen LogP contribution in [-0.2, 0) is 6.54 Å². The number of amides is 1. The third-order valence-corrected chi connectivity index (χ3v) is 3.41. The zero-order valence-electron chi connectivity index (χ0n) is 9.22. The van der Waals surface area contributed by atoms with Crippen molar-refractivity contribution in [2.45, 2.75) is 6.54 Å². The Morgan fingerprint density at radius 3 is 3.06 bits per heavy atom. The predicted octanol–water partition coefficient (Wildman–Crippen LogP) is 2.22. The lowest BCUT2D eigenvalue weighted by Crippen LogP contribution is -2.25. The van der Waals surface area contributed by atoms with Crippen LogP contribution in [0.15, 0.2) is 35.2 Å². The van der Waals surface area contributed by atoms with E-state index >= 15 is 0 Å². The van der Waals surface area contributed by atoms with E-state index in [1.165, 1.54) is 0 Å². The fourth-order valence-corrected chi connectivity index (χ4v) is 2.41. The molecule has 0 saturated heterocycles. The Kier molecular flexibility index (Phi) is 2.29. The second-order valence-corrected chi connectivity index (χ2v) is 5.00. The normalized spacial score (nSPS) is 14.2. The smallest absolute Gasteiger partial charge is 0.272 e. The quantitative estimate of drug-likeness (QED) is 0.746. The molecule has 1 aromatic heterocycles. The van der Waals surface area contributed by atoms with Crippen LogP contribution >= 0.6 is 15.9 Å². The summed E-state index contributed by atoms with van der Waals surface area (Å²) in [7, 11) is 1.80. The Morgan fingerprint density at radius 1 is 1.41 bits per heavy atom. The first-order valence-electron chi connectivity index (χ1n) is 5.23. The fourth-order valence-electron chi connectivity index (χ4n) is 2.06. The Bertz CT molecular complexity index is 606. The molecule has 1 aliphatic rings. The van der Waals surface area contributed by atoms with Gasteiger partial charge in [0.25, 0.3) is 5.91 Å². The molecule has 5 heteroatoms. The molecular weight excluding hydrogens is 282 g/mol. The summed E-state index contributed by atoms with van der Waals surface area (Å²) in [4.78, 5) is 17.9. The number of nitrogens with zero attached hydrogens (tertiary/aromatic N) is 3. The zero-order chi connectivity index (χ0) is 12.0. The Balaban J connectivity index is 2.31. The van der Waals surface area contributed by atoms with Gasteiger partial charge in [-0.15, -0.1) is 0 Å². The van der Waals surface area contributed by atoms with Gasteiger partial charge in [0, 0.05) is 18.1 Å². The lowest BCUT2D eigenvalue weighted by Gasteiger charge is -2.13. The summed E-state index contributed by atoms with van der Waals surface area (Å²) in [5.41, 5.74) is 2.72. The van der Waals surface area contributed by atoms with Crippen LogP contribution in [0.5, 0.6) is 0 Å². The topological polar surface area (TPSA) is 38.1 Å². The van der Waals surface area contributed by atoms with Gasteiger partial charge in [-0.2, -0.15) is 0 Å². The van der Waals surface area contributed by atoms with Gasteiger partial charge in [0.1, 0.15) is 5.69 Å². The van der Waals surface area contributed by atoms with Gasteiger partial charge in [-0.3, -0.25) is 9.36 Å². The summed E-state index contributed by atoms with van der Waals surface area (Å²) in [5, 5.41) is 0. The van der Waals surface area contributed by atoms with Crippen LogP contribution in [0.3, 0.4) is 0 Å². The van der Waals surface area contributed by atoms with Gasteiger partial charge in [-0.25, -0.2) is 4.98 Å². The summed E-state index contributed by atoms with van der Waals surface area (Å²) in [6.45, 7) is 0.614. The summed E-state index contributed by atoms with van der Waals surface area (Å²) in [5.74, 6) is -0.00479. The van der Waals surface area contributed by atoms with Crippen LogP contribution < -0.4 is 0 Å². The van der Waals surface area contributed by atoms with Gasteiger partial charge < -0.3 is 4.90 Å². The molecule has 0 N–H and O–H groups in total. The molecule has 2 heterocycles. The molecule has 86 valence electrons. The summed E-state index contributed by atoms with van der Waals surface area (Å²) < 4.78 is 2.83. The molecular formula is C12H10BrN3O. The average Bonchev–Trinajstić information content (AvgIpc) is 2.75. The molecule has 1 aliphatic heterocycles. The van der Waals surface area contributed by atoms with E-state index in [0.717, 1.165) is 15.7 Å². The molecule has 2 aromatic rings. The molecule has 0 radical (unpaired) electrons. The molecule has 3 rings (SSSR count). The van der Waals surface area contributed by atoms with Crippen LogP contribution in [0.1, 0.15) is 16.1 Å². The third kappa shape index (κ3) is 1.58. The lowest BCUT2D eigenvalue weighted by molar-refractivity contribution is 0.0782. The van der Waals surface area contributed by atoms with Gasteiger partial charge in [-0.05, 0) is 17.7 Å². The van der Waals surface area contributed by atoms with Crippen molar-refractivity contribution >= 4 is 21.8 Å². The van der Waals surface area contributed by atoms with E-state index in [9.17, 15) is 4.79 Å². The van der Waals surface area contributed by atoms with Crippen molar-refractivity contribution in [1.82, 2.24) is 14.5 Å². The number of fused-ring (bicyclic) bond motifs is 3. The van der Waals surface area contributed by atoms with E-state index in [4.69, 9.17) is 0 Å². The Hall–Kier alpha value is -1.62. The lowest BCUT2D eigenvalue weighted by atomic mass is 10.1. The van der Waals surface area contributed by atoms with Crippen molar-refractivity contribution in [3.8, 4) is 5.69 Å². The van der Waals surface area contributed by atoms with E-state index in [-0.39, 0.29) is 5.91 Å². The molecule has 4 nitrogen and oxygen atoms in total. The van der Waals surface area contributed by atoms with Crippen molar-refractivity contribution in [2.75, 3.05) is 7.05 Å². The molecule has 0 spiro atoms. The van der Waals surface area contributed by atoms with Crippen molar-refractivity contribution in [3.63, 3.8) is 0 Å². The number of hydrogen-bond acceptors (Lipinski definition) is 2. The van der Waals surface area contributed by atoms with E-state index in [0.29, 0.717) is 12.2 Å². The van der Waals surface area contributed by atoms with Crippen molar-refractivity contribution in [3.05, 3.63) is 46.5 Å². The highest BCUT2D eigenvalue weighted by atomic mass is 79.9. The third-order valence-electron chi connectivity index (χ3n) is 2.92. The second-order valence-electron chi connectivity index (χ2n) is 4.08. The van der Waals surface area contributed by atoms with Crippen LogP contribution in [0.25, 0.3) is 5.69 Å². The molecule has 0 fully saturated rings. The average molecular weight is 292 g/mol. The first kappa shape index (κ1) is 10.5. The molecule has 17 heavy (non-hydrogen) atoms. The molecule has 1 aromatic carbocycles. The number of halogens is 1. The number of carbonyl (C=O) groups is 1. The number of hydrogen-bond donors (Lipinski definition) is 0. The van der Waals surface area contributed by atoms with Crippen molar-refractivity contribution < 1.29 is 4.79 Å². The van der Waals surface area contributed by atoms with Crippen LogP contribution in [0, 0.1) is 0 Å². The highest BCUT2D eigenvalue weighted by Gasteiger charge is 2.23. The number of rotatable bonds is 0. The van der Waals surface area contributed by atoms with Gasteiger partial charge in [0.15, 0.2) is 0 Å². The van der Waals surface area contributed by atoms with Gasteiger partial charge in [0.05, 0.1) is 18.2 Å². The molecule has 0 bridgehead atoms. The largest absolute Gasteiger partial charge is 0.336 e. The minimum absolute atomic E-state index is 0.00479. The number of carbonyl (C=O) groups excluding carboxylic acids is 1. The summed E-state index contributed by atoms with van der Waals surface area (Å²) in [6, 6.07) is 6.02. The van der Waals surface area contributed by atoms with Crippen molar-refractivity contribution in [2.24, 2.45) is 0 Å². The van der Waals surface area contributed by atoms with Crippen molar-refractivity contribution in [1.29, 1.82) is 0 Å². The maximum atomic E-state index is 12.1. The Labute approximate surface area is 107 Å². The monoisotopic (exact) mass is 291 g/mol. The predicted molar refractivity (Wildman–Crippen MR) is 67.1 cm³/mol. The van der Waals surface area contributed by atoms with Crippen LogP contribution in [0.2, 0.25) is 0 Å². The maximum Gasteiger partial charge on any atom is 0.272 e. The van der Waals surface area contributed by atoms with E-state index in [2.05, 4.69) is 20.9 Å². The second kappa shape index (κ2) is 3.70. The Morgan fingerprint density at radius 2 is 2.24 bits per heavy atom. The minimum atomic E-state index is -0.00479. The molecule has 0 saturated carbocycles. The fraction of sp³-hybridized carbons (Fsp3) is 0.167. The number of benzene rings is 1. The van der Waals surface area contributed by atoms with Gasteiger partial charge in [-0.1, -0.05) is 22.0 Å². The number of aromatic nitrogens is 2. The van der Waals surface area contributed by atoms with Gasteiger partial charge in [0.2, 0.25) is 0 Å².